The number of likely N-dealkylation sites (N-methyl/N-ethyl adjacent to an activating group) is 1. The van der Waals surface area contributed by atoms with Gasteiger partial charge >= 0.3 is 0 Å². The largest absolute Gasteiger partial charge is 0.392 e. The van der Waals surface area contributed by atoms with Gasteiger partial charge < -0.3 is 10.3 Å². The molecule has 1 heterocycles. The van der Waals surface area contributed by atoms with Gasteiger partial charge in [0.15, 0.2) is 5.03 Å². The first kappa shape index (κ1) is 14.1. The van der Waals surface area contributed by atoms with E-state index in [1.807, 2.05) is 0 Å². The number of aromatic nitrogens is 2. The van der Waals surface area contributed by atoms with Gasteiger partial charge in [-0.3, -0.25) is 0 Å². The predicted molar refractivity (Wildman–Crippen MR) is 69.1 cm³/mol. The highest BCUT2D eigenvalue weighted by Crippen LogP contribution is 2.15. The predicted octanol–water partition coefficient (Wildman–Crippen LogP) is 0.0236. The van der Waals surface area contributed by atoms with Crippen molar-refractivity contribution in [1.29, 1.82) is 0 Å². The molecular weight excluding hydrogens is 260 g/mol. The molecule has 0 fully saturated rings. The standard InChI is InChI=1S/C9H16N4O2S2/c1-6(9(10)16)13(4)17(14,15)8-5-12(3)7(2)11-8/h5-6H,1-4H3,(H2,10,16). The Morgan fingerprint density at radius 2 is 2.18 bits per heavy atom. The first-order chi connectivity index (χ1) is 7.67. The average Bonchev–Trinajstić information content (AvgIpc) is 2.57. The molecule has 1 aromatic rings. The highest BCUT2D eigenvalue weighted by atomic mass is 32.2. The lowest BCUT2D eigenvalue weighted by Gasteiger charge is -2.21. The van der Waals surface area contributed by atoms with Crippen LogP contribution in [-0.4, -0.2) is 40.4 Å². The fourth-order valence-corrected chi connectivity index (χ4v) is 2.77. The minimum absolute atomic E-state index is 0.00287. The van der Waals surface area contributed by atoms with E-state index in [0.717, 1.165) is 4.31 Å². The van der Waals surface area contributed by atoms with Crippen molar-refractivity contribution < 1.29 is 8.42 Å². The molecule has 6 nitrogen and oxygen atoms in total. The minimum atomic E-state index is -3.65. The van der Waals surface area contributed by atoms with Gasteiger partial charge in [-0.2, -0.15) is 4.31 Å². The Balaban J connectivity index is 3.15. The summed E-state index contributed by atoms with van der Waals surface area (Å²) in [4.78, 5) is 4.12. The van der Waals surface area contributed by atoms with Crippen LogP contribution >= 0.6 is 12.2 Å². The van der Waals surface area contributed by atoms with Crippen molar-refractivity contribution in [1.82, 2.24) is 13.9 Å². The molecule has 0 amide bonds. The Labute approximate surface area is 106 Å². The molecule has 2 N–H and O–H groups in total. The number of nitrogens with two attached hydrogens (primary N) is 1. The molecule has 0 spiro atoms. The lowest BCUT2D eigenvalue weighted by molar-refractivity contribution is 0.449. The summed E-state index contributed by atoms with van der Waals surface area (Å²) >= 11 is 4.79. The zero-order valence-corrected chi connectivity index (χ0v) is 11.8. The Kier molecular flexibility index (Phi) is 3.90. The van der Waals surface area contributed by atoms with Crippen LogP contribution in [0.5, 0.6) is 0 Å². The van der Waals surface area contributed by atoms with Crippen LogP contribution in [0.4, 0.5) is 0 Å². The number of sulfonamides is 1. The van der Waals surface area contributed by atoms with Crippen LogP contribution in [0.1, 0.15) is 12.7 Å². The zero-order valence-electron chi connectivity index (χ0n) is 10.2. The van der Waals surface area contributed by atoms with Gasteiger partial charge in [0.2, 0.25) is 0 Å². The molecular formula is C9H16N4O2S2. The maximum Gasteiger partial charge on any atom is 0.262 e. The normalized spacial score (nSPS) is 13.9. The van der Waals surface area contributed by atoms with Gasteiger partial charge in [0.1, 0.15) is 5.82 Å². The number of nitrogens with zero attached hydrogens (tertiary/aromatic N) is 3. The van der Waals surface area contributed by atoms with E-state index in [0.29, 0.717) is 5.82 Å². The molecule has 17 heavy (non-hydrogen) atoms. The summed E-state index contributed by atoms with van der Waals surface area (Å²) in [6.07, 6.45) is 1.47. The van der Waals surface area contributed by atoms with Gasteiger partial charge in [-0.05, 0) is 13.8 Å². The zero-order chi connectivity index (χ0) is 13.4. The monoisotopic (exact) mass is 276 g/mol. The summed E-state index contributed by atoms with van der Waals surface area (Å²) in [5.74, 6) is 0.625. The van der Waals surface area contributed by atoms with Gasteiger partial charge in [0.25, 0.3) is 10.0 Å². The average molecular weight is 276 g/mol. The summed E-state index contributed by atoms with van der Waals surface area (Å²) < 4.78 is 27.1. The molecule has 0 aromatic carbocycles. The van der Waals surface area contributed by atoms with Crippen molar-refractivity contribution in [3.05, 3.63) is 12.0 Å². The third-order valence-electron chi connectivity index (χ3n) is 2.69. The molecule has 0 aliphatic heterocycles. The summed E-state index contributed by atoms with van der Waals surface area (Å²) in [5.41, 5.74) is 5.45. The molecule has 0 radical (unpaired) electrons. The van der Waals surface area contributed by atoms with Crippen LogP contribution < -0.4 is 5.73 Å². The smallest absolute Gasteiger partial charge is 0.262 e. The summed E-state index contributed by atoms with van der Waals surface area (Å²) in [6, 6.07) is -0.544. The number of hydrogen-bond donors (Lipinski definition) is 1. The Bertz CT molecular complexity index is 516. The van der Waals surface area contributed by atoms with Crippen molar-refractivity contribution in [2.45, 2.75) is 24.9 Å². The molecule has 1 unspecified atom stereocenters. The highest BCUT2D eigenvalue weighted by Gasteiger charge is 2.29. The summed E-state index contributed by atoms with van der Waals surface area (Å²) in [6.45, 7) is 3.37. The molecule has 0 bridgehead atoms. The quantitative estimate of drug-likeness (QED) is 0.784. The molecule has 0 saturated carbocycles. The molecule has 8 heteroatoms. The Morgan fingerprint density at radius 1 is 1.65 bits per heavy atom. The minimum Gasteiger partial charge on any atom is -0.392 e. The van der Waals surface area contributed by atoms with Gasteiger partial charge in [-0.15, -0.1) is 0 Å². The number of thiocarbonyl (C=S) groups is 1. The number of rotatable bonds is 4. The van der Waals surface area contributed by atoms with E-state index in [-0.39, 0.29) is 10.0 Å². The molecule has 0 saturated heterocycles. The second-order valence-electron chi connectivity index (χ2n) is 3.84. The van der Waals surface area contributed by atoms with E-state index in [1.54, 1.807) is 25.5 Å². The van der Waals surface area contributed by atoms with Crippen LogP contribution in [-0.2, 0) is 17.1 Å². The first-order valence-corrected chi connectivity index (χ1v) is 6.80. The van der Waals surface area contributed by atoms with Crippen molar-refractivity contribution >= 4 is 27.2 Å². The first-order valence-electron chi connectivity index (χ1n) is 4.95. The van der Waals surface area contributed by atoms with E-state index < -0.39 is 16.1 Å². The van der Waals surface area contributed by atoms with E-state index in [1.165, 1.54) is 13.2 Å². The van der Waals surface area contributed by atoms with Crippen molar-refractivity contribution in [2.24, 2.45) is 12.8 Å². The molecule has 0 aliphatic rings. The summed E-state index contributed by atoms with van der Waals surface area (Å²) in [5, 5.41) is 0.00287. The van der Waals surface area contributed by atoms with Crippen LogP contribution in [0.2, 0.25) is 0 Å². The van der Waals surface area contributed by atoms with Crippen molar-refractivity contribution in [3.8, 4) is 0 Å². The number of hydrogen-bond acceptors (Lipinski definition) is 4. The highest BCUT2D eigenvalue weighted by molar-refractivity contribution is 7.89. The maximum absolute atomic E-state index is 12.2. The van der Waals surface area contributed by atoms with E-state index in [2.05, 4.69) is 4.98 Å². The second-order valence-corrected chi connectivity index (χ2v) is 6.25. The molecule has 1 aromatic heterocycles. The number of aryl methyl sites for hydroxylation is 2. The van der Waals surface area contributed by atoms with E-state index in [9.17, 15) is 8.42 Å². The van der Waals surface area contributed by atoms with Gasteiger partial charge in [-0.25, -0.2) is 13.4 Å². The van der Waals surface area contributed by atoms with Crippen LogP contribution in [0, 0.1) is 6.92 Å². The van der Waals surface area contributed by atoms with Crippen molar-refractivity contribution in [2.75, 3.05) is 7.05 Å². The molecule has 1 atom stereocenters. The van der Waals surface area contributed by atoms with Crippen LogP contribution in [0.3, 0.4) is 0 Å². The topological polar surface area (TPSA) is 81.2 Å². The Hall–Kier alpha value is -0.990. The lowest BCUT2D eigenvalue weighted by atomic mass is 10.3. The fourth-order valence-electron chi connectivity index (χ4n) is 1.19. The van der Waals surface area contributed by atoms with Crippen LogP contribution in [0.25, 0.3) is 0 Å². The van der Waals surface area contributed by atoms with Gasteiger partial charge in [0, 0.05) is 20.3 Å². The van der Waals surface area contributed by atoms with Gasteiger partial charge in [0.05, 0.1) is 11.0 Å². The van der Waals surface area contributed by atoms with Gasteiger partial charge in [-0.1, -0.05) is 12.2 Å². The fraction of sp³-hybridized carbons (Fsp3) is 0.556. The number of imidazole rings is 1. The molecule has 0 aliphatic carbocycles. The lowest BCUT2D eigenvalue weighted by Crippen LogP contribution is -2.42. The third kappa shape index (κ3) is 2.64. The second kappa shape index (κ2) is 4.71. The third-order valence-corrected chi connectivity index (χ3v) is 4.83. The maximum atomic E-state index is 12.2. The van der Waals surface area contributed by atoms with E-state index in [4.69, 9.17) is 18.0 Å². The summed E-state index contributed by atoms with van der Waals surface area (Å²) in [7, 11) is -0.483. The van der Waals surface area contributed by atoms with E-state index >= 15 is 0 Å². The molecule has 96 valence electrons. The van der Waals surface area contributed by atoms with Crippen molar-refractivity contribution in [3.63, 3.8) is 0 Å². The SMILES string of the molecule is Cc1nc(S(=O)(=O)N(C)C(C)C(N)=S)cn1C. The Morgan fingerprint density at radius 3 is 2.53 bits per heavy atom. The van der Waals surface area contributed by atoms with Crippen LogP contribution in [0.15, 0.2) is 11.2 Å². The molecule has 1 rings (SSSR count).